The smallest absolute Gasteiger partial charge is 1.00 e. The van der Waals surface area contributed by atoms with Gasteiger partial charge in [-0.2, -0.15) is 0 Å². The molecule has 0 bridgehead atoms. The minimum atomic E-state index is -1.05. The number of thioether (sulfide) groups is 1. The second-order valence-electron chi connectivity index (χ2n) is 7.14. The van der Waals surface area contributed by atoms with E-state index in [1.807, 2.05) is 30.0 Å². The SMILES string of the molecule is O=C(O)c1cncnc1NCCSC(c1ccccc1)(c1ccccc1)c1ccccc1.[H-].[Li+]. The van der Waals surface area contributed by atoms with Crippen LogP contribution in [0, 0.1) is 0 Å². The van der Waals surface area contributed by atoms with Gasteiger partial charge in [0.25, 0.3) is 0 Å². The Hall–Kier alpha value is -3.04. The first-order valence-electron chi connectivity index (χ1n) is 10.3. The fourth-order valence-corrected chi connectivity index (χ4v) is 5.19. The molecule has 0 saturated carbocycles. The Morgan fingerprint density at radius 1 is 0.879 bits per heavy atom. The fourth-order valence-electron chi connectivity index (χ4n) is 3.77. The van der Waals surface area contributed by atoms with E-state index in [2.05, 4.69) is 88.1 Å². The molecule has 4 aromatic rings. The molecule has 0 fully saturated rings. The van der Waals surface area contributed by atoms with E-state index in [1.54, 1.807) is 0 Å². The summed E-state index contributed by atoms with van der Waals surface area (Å²) >= 11 is 1.81. The Labute approximate surface area is 211 Å². The van der Waals surface area contributed by atoms with Gasteiger partial charge < -0.3 is 11.8 Å². The maximum absolute atomic E-state index is 11.4. The molecule has 1 aromatic heterocycles. The van der Waals surface area contributed by atoms with Crippen LogP contribution in [0.4, 0.5) is 5.82 Å². The number of rotatable bonds is 9. The summed E-state index contributed by atoms with van der Waals surface area (Å²) in [5.41, 5.74) is 3.64. The largest absolute Gasteiger partial charge is 1.00 e. The van der Waals surface area contributed by atoms with Crippen LogP contribution in [0.2, 0.25) is 0 Å². The van der Waals surface area contributed by atoms with Gasteiger partial charge >= 0.3 is 24.8 Å². The van der Waals surface area contributed by atoms with Crippen LogP contribution in [0.5, 0.6) is 0 Å². The van der Waals surface area contributed by atoms with Crippen molar-refractivity contribution in [3.05, 3.63) is 126 Å². The number of benzene rings is 3. The number of carboxylic acid groups (broad SMARTS) is 1. The van der Waals surface area contributed by atoms with Crippen molar-refractivity contribution in [2.75, 3.05) is 17.6 Å². The number of hydrogen-bond donors (Lipinski definition) is 2. The van der Waals surface area contributed by atoms with Crippen molar-refractivity contribution < 1.29 is 30.2 Å². The second kappa shape index (κ2) is 11.7. The molecule has 0 aliphatic rings. The van der Waals surface area contributed by atoms with E-state index in [1.165, 1.54) is 29.2 Å². The number of nitrogens with zero attached hydrogens (tertiary/aromatic N) is 2. The summed E-state index contributed by atoms with van der Waals surface area (Å²) in [6.45, 7) is 0.552. The molecule has 162 valence electrons. The number of aromatic nitrogens is 2. The Morgan fingerprint density at radius 3 is 1.82 bits per heavy atom. The summed E-state index contributed by atoms with van der Waals surface area (Å²) in [4.78, 5) is 19.4. The molecule has 0 aliphatic carbocycles. The minimum Gasteiger partial charge on any atom is -1.00 e. The van der Waals surface area contributed by atoms with E-state index in [0.29, 0.717) is 12.4 Å². The van der Waals surface area contributed by atoms with Crippen LogP contribution in [0.3, 0.4) is 0 Å². The zero-order valence-corrected chi connectivity index (χ0v) is 19.2. The molecule has 7 heteroatoms. The Kier molecular flexibility index (Phi) is 8.73. The van der Waals surface area contributed by atoms with Crippen LogP contribution in [0.1, 0.15) is 28.5 Å². The third kappa shape index (κ3) is 5.48. The van der Waals surface area contributed by atoms with E-state index in [4.69, 9.17) is 0 Å². The Bertz CT molecular complexity index is 1070. The summed E-state index contributed by atoms with van der Waals surface area (Å²) < 4.78 is -0.410. The van der Waals surface area contributed by atoms with Crippen molar-refractivity contribution in [3.8, 4) is 0 Å². The molecule has 4 rings (SSSR count). The average molecular weight is 450 g/mol. The molecule has 0 radical (unpaired) electrons. The average Bonchev–Trinajstić information content (AvgIpc) is 2.86. The van der Waals surface area contributed by atoms with Crippen LogP contribution in [0.15, 0.2) is 104 Å². The summed E-state index contributed by atoms with van der Waals surface area (Å²) in [6.07, 6.45) is 2.66. The Morgan fingerprint density at radius 2 is 1.36 bits per heavy atom. The molecule has 33 heavy (non-hydrogen) atoms. The summed E-state index contributed by atoms with van der Waals surface area (Å²) in [7, 11) is 0. The van der Waals surface area contributed by atoms with E-state index >= 15 is 0 Å². The zero-order valence-electron chi connectivity index (χ0n) is 19.4. The molecular weight excluding hydrogens is 425 g/mol. The van der Waals surface area contributed by atoms with E-state index < -0.39 is 10.7 Å². The van der Waals surface area contributed by atoms with Gasteiger partial charge in [-0.3, -0.25) is 0 Å². The van der Waals surface area contributed by atoms with Crippen LogP contribution in [0.25, 0.3) is 0 Å². The number of anilines is 1. The Balaban J connectivity index is 0.00000204. The maximum Gasteiger partial charge on any atom is 1.00 e. The normalized spacial score (nSPS) is 10.8. The number of nitrogens with one attached hydrogen (secondary N) is 1. The van der Waals surface area contributed by atoms with Crippen LogP contribution in [-0.4, -0.2) is 33.3 Å². The van der Waals surface area contributed by atoms with Crippen LogP contribution < -0.4 is 24.2 Å². The van der Waals surface area contributed by atoms with Gasteiger partial charge in [-0.1, -0.05) is 91.0 Å². The first kappa shape index (κ1) is 24.6. The van der Waals surface area contributed by atoms with Crippen molar-refractivity contribution in [1.29, 1.82) is 0 Å². The molecule has 0 saturated heterocycles. The van der Waals surface area contributed by atoms with Crippen molar-refractivity contribution in [2.24, 2.45) is 0 Å². The first-order chi connectivity index (χ1) is 15.7. The number of carbonyl (C=O) groups is 1. The van der Waals surface area contributed by atoms with E-state index in [0.717, 1.165) is 5.75 Å². The molecule has 0 aliphatic heterocycles. The summed E-state index contributed by atoms with van der Waals surface area (Å²) in [5, 5.41) is 12.5. The van der Waals surface area contributed by atoms with Gasteiger partial charge in [0, 0.05) is 18.5 Å². The van der Waals surface area contributed by atoms with Gasteiger partial charge in [0.2, 0.25) is 0 Å². The third-order valence-corrected chi connectivity index (χ3v) is 6.75. The molecule has 0 amide bonds. The fraction of sp³-hybridized carbons (Fsp3) is 0.115. The molecule has 0 spiro atoms. The maximum atomic E-state index is 11.4. The predicted molar refractivity (Wildman–Crippen MR) is 130 cm³/mol. The van der Waals surface area contributed by atoms with Crippen molar-refractivity contribution in [3.63, 3.8) is 0 Å². The van der Waals surface area contributed by atoms with Crippen molar-refractivity contribution in [2.45, 2.75) is 4.75 Å². The van der Waals surface area contributed by atoms with Gasteiger partial charge in [0.1, 0.15) is 17.7 Å². The predicted octanol–water partition coefficient (Wildman–Crippen LogP) is 2.43. The molecule has 2 N–H and O–H groups in total. The van der Waals surface area contributed by atoms with E-state index in [9.17, 15) is 9.90 Å². The first-order valence-corrected chi connectivity index (χ1v) is 11.3. The molecule has 0 unspecified atom stereocenters. The zero-order chi connectivity index (χ0) is 22.2. The quantitative estimate of drug-likeness (QED) is 0.232. The summed E-state index contributed by atoms with van der Waals surface area (Å²) in [5.74, 6) is 0.00709. The van der Waals surface area contributed by atoms with Gasteiger partial charge in [-0.05, 0) is 16.7 Å². The number of aromatic carboxylic acids is 1. The van der Waals surface area contributed by atoms with Gasteiger partial charge in [-0.15, -0.1) is 11.8 Å². The monoisotopic (exact) mass is 449 g/mol. The number of hydrogen-bond acceptors (Lipinski definition) is 5. The van der Waals surface area contributed by atoms with E-state index in [-0.39, 0.29) is 25.9 Å². The van der Waals surface area contributed by atoms with Crippen LogP contribution >= 0.6 is 11.8 Å². The molecular formula is C26H24LiN3O2S. The van der Waals surface area contributed by atoms with Gasteiger partial charge in [0.05, 0.1) is 4.75 Å². The minimum absolute atomic E-state index is 0. The molecule has 1 heterocycles. The molecule has 3 aromatic carbocycles. The van der Waals surface area contributed by atoms with Crippen LogP contribution in [-0.2, 0) is 4.75 Å². The number of carboxylic acids is 1. The second-order valence-corrected chi connectivity index (χ2v) is 8.45. The standard InChI is InChI=1S/C26H23N3O2S.Li.H/c30-25(31)23-18-27-19-29-24(23)28-16-17-32-26(20-10-4-1-5-11-20,21-12-6-2-7-13-21)22-14-8-3-9-15-22;;/h1-15,18-19H,16-17H2,(H,30,31)(H,27,28,29);;/q;+1;-1. The van der Waals surface area contributed by atoms with Crippen molar-refractivity contribution >= 4 is 23.5 Å². The van der Waals surface area contributed by atoms with Crippen molar-refractivity contribution in [1.82, 2.24) is 9.97 Å². The molecule has 5 nitrogen and oxygen atoms in total. The van der Waals surface area contributed by atoms with Gasteiger partial charge in [0.15, 0.2) is 0 Å². The third-order valence-electron chi connectivity index (χ3n) is 5.20. The topological polar surface area (TPSA) is 75.1 Å². The molecule has 0 atom stereocenters. The van der Waals surface area contributed by atoms with Gasteiger partial charge in [-0.25, -0.2) is 14.8 Å². The summed E-state index contributed by atoms with van der Waals surface area (Å²) in [6, 6.07) is 31.4.